The summed E-state index contributed by atoms with van der Waals surface area (Å²) in [6, 6.07) is 8.04. The fourth-order valence-corrected chi connectivity index (χ4v) is 1.29. The molecule has 0 heterocycles. The average Bonchev–Trinajstić information content (AvgIpc) is 2.26. The van der Waals surface area contributed by atoms with Crippen LogP contribution in [0.5, 0.6) is 5.75 Å². The number of allylic oxidation sites excluding steroid dienone is 1. The summed E-state index contributed by atoms with van der Waals surface area (Å²) in [4.78, 5) is 0. The molecule has 1 aromatic rings. The van der Waals surface area contributed by atoms with Gasteiger partial charge in [0.2, 0.25) is 0 Å². The van der Waals surface area contributed by atoms with Gasteiger partial charge in [0.25, 0.3) is 0 Å². The first kappa shape index (κ1) is 10.8. The largest absolute Gasteiger partial charge is 0.497 e. The van der Waals surface area contributed by atoms with Gasteiger partial charge in [-0.1, -0.05) is 18.2 Å². The van der Waals surface area contributed by atoms with Gasteiger partial charge in [-0.15, -0.1) is 0 Å². The molecule has 0 fully saturated rings. The molecule has 0 aliphatic carbocycles. The van der Waals surface area contributed by atoms with Crippen LogP contribution >= 0.6 is 0 Å². The third-order valence-corrected chi connectivity index (χ3v) is 2.14. The van der Waals surface area contributed by atoms with Gasteiger partial charge in [0, 0.05) is 0 Å². The van der Waals surface area contributed by atoms with Gasteiger partial charge in [-0.3, -0.25) is 0 Å². The van der Waals surface area contributed by atoms with Crippen molar-refractivity contribution in [1.29, 1.82) is 0 Å². The first-order valence-corrected chi connectivity index (χ1v) is 4.79. The number of nitrogens with two attached hydrogens (primary N) is 1. The third-order valence-electron chi connectivity index (χ3n) is 2.14. The van der Waals surface area contributed by atoms with Crippen LogP contribution in [0, 0.1) is 0 Å². The van der Waals surface area contributed by atoms with Crippen LogP contribution in [0.3, 0.4) is 0 Å². The second-order valence-electron chi connectivity index (χ2n) is 3.20. The second-order valence-corrected chi connectivity index (χ2v) is 3.20. The van der Waals surface area contributed by atoms with E-state index < -0.39 is 0 Å². The summed E-state index contributed by atoms with van der Waals surface area (Å²) in [5.41, 5.74) is 7.88. The van der Waals surface area contributed by atoms with Gasteiger partial charge in [0.05, 0.1) is 7.11 Å². The molecule has 0 saturated carbocycles. The van der Waals surface area contributed by atoms with Crippen molar-refractivity contribution in [3.63, 3.8) is 0 Å². The maximum Gasteiger partial charge on any atom is 0.119 e. The van der Waals surface area contributed by atoms with Crippen molar-refractivity contribution < 1.29 is 4.74 Å². The van der Waals surface area contributed by atoms with E-state index in [1.165, 1.54) is 11.1 Å². The van der Waals surface area contributed by atoms with Gasteiger partial charge in [-0.2, -0.15) is 0 Å². The molecule has 1 aromatic carbocycles. The lowest BCUT2D eigenvalue weighted by Gasteiger charge is -2.04. The fourth-order valence-electron chi connectivity index (χ4n) is 1.29. The minimum Gasteiger partial charge on any atom is -0.497 e. The fraction of sp³-hybridized carbons (Fsp3) is 0.333. The van der Waals surface area contributed by atoms with Crippen LogP contribution in [0.2, 0.25) is 0 Å². The molecular weight excluding hydrogens is 174 g/mol. The summed E-state index contributed by atoms with van der Waals surface area (Å²) in [6.07, 6.45) is 3.07. The van der Waals surface area contributed by atoms with Gasteiger partial charge in [-0.25, -0.2) is 0 Å². The van der Waals surface area contributed by atoms with Gasteiger partial charge in [0.1, 0.15) is 5.75 Å². The van der Waals surface area contributed by atoms with E-state index in [1.807, 2.05) is 18.2 Å². The molecule has 1 rings (SSSR count). The van der Waals surface area contributed by atoms with E-state index >= 15 is 0 Å². The van der Waals surface area contributed by atoms with Crippen molar-refractivity contribution >= 4 is 5.57 Å². The van der Waals surface area contributed by atoms with Crippen LogP contribution in [0.25, 0.3) is 5.57 Å². The zero-order valence-electron chi connectivity index (χ0n) is 8.79. The molecule has 2 heteroatoms. The molecule has 0 amide bonds. The van der Waals surface area contributed by atoms with Gasteiger partial charge in [0.15, 0.2) is 0 Å². The van der Waals surface area contributed by atoms with Crippen molar-refractivity contribution in [1.82, 2.24) is 0 Å². The van der Waals surface area contributed by atoms with Crippen molar-refractivity contribution in [2.75, 3.05) is 13.7 Å². The molecule has 0 aromatic heterocycles. The molecule has 0 aliphatic heterocycles. The predicted molar refractivity (Wildman–Crippen MR) is 60.3 cm³/mol. The molecule has 14 heavy (non-hydrogen) atoms. The predicted octanol–water partition coefficient (Wildman–Crippen LogP) is 2.45. The molecule has 0 spiro atoms. The topological polar surface area (TPSA) is 35.2 Å². The number of hydrogen-bond donors (Lipinski definition) is 1. The molecule has 0 unspecified atom stereocenters. The van der Waals surface area contributed by atoms with E-state index in [1.54, 1.807) is 7.11 Å². The summed E-state index contributed by atoms with van der Waals surface area (Å²) in [5, 5.41) is 0. The van der Waals surface area contributed by atoms with E-state index in [0.717, 1.165) is 12.2 Å². The normalized spacial score (nSPS) is 11.5. The highest BCUT2D eigenvalue weighted by atomic mass is 16.5. The number of hydrogen-bond acceptors (Lipinski definition) is 2. The maximum atomic E-state index is 5.44. The first-order chi connectivity index (χ1) is 6.77. The molecule has 0 bridgehead atoms. The Morgan fingerprint density at radius 1 is 1.50 bits per heavy atom. The minimum absolute atomic E-state index is 0.696. The zero-order chi connectivity index (χ0) is 10.4. The standard InChI is InChI=1S/C12H17NO/c1-10(5-4-8-13)11-6-3-7-12(9-11)14-2/h3,5-7,9H,4,8,13H2,1-2H3. The smallest absolute Gasteiger partial charge is 0.119 e. The number of methoxy groups -OCH3 is 1. The number of benzene rings is 1. The third kappa shape index (κ3) is 2.89. The van der Waals surface area contributed by atoms with Crippen LogP contribution in [0.1, 0.15) is 18.9 Å². The molecule has 2 N–H and O–H groups in total. The molecule has 0 saturated heterocycles. The van der Waals surface area contributed by atoms with Crippen LogP contribution in [-0.2, 0) is 0 Å². The summed E-state index contributed by atoms with van der Waals surface area (Å²) < 4.78 is 5.16. The monoisotopic (exact) mass is 191 g/mol. The van der Waals surface area contributed by atoms with Gasteiger partial charge >= 0.3 is 0 Å². The Hall–Kier alpha value is -1.28. The van der Waals surface area contributed by atoms with E-state index in [-0.39, 0.29) is 0 Å². The number of ether oxygens (including phenoxy) is 1. The Labute approximate surface area is 85.4 Å². The second kappa shape index (κ2) is 5.45. The summed E-state index contributed by atoms with van der Waals surface area (Å²) >= 11 is 0. The first-order valence-electron chi connectivity index (χ1n) is 4.79. The van der Waals surface area contributed by atoms with E-state index in [0.29, 0.717) is 6.54 Å². The zero-order valence-corrected chi connectivity index (χ0v) is 8.79. The van der Waals surface area contributed by atoms with E-state index in [9.17, 15) is 0 Å². The minimum atomic E-state index is 0.696. The molecule has 2 nitrogen and oxygen atoms in total. The van der Waals surface area contributed by atoms with Crippen LogP contribution in [0.4, 0.5) is 0 Å². The van der Waals surface area contributed by atoms with E-state index in [2.05, 4.69) is 19.1 Å². The Morgan fingerprint density at radius 3 is 2.93 bits per heavy atom. The Kier molecular flexibility index (Phi) is 4.20. The summed E-state index contributed by atoms with van der Waals surface area (Å²) in [5.74, 6) is 0.892. The maximum absolute atomic E-state index is 5.44. The molecule has 0 atom stereocenters. The van der Waals surface area contributed by atoms with Crippen LogP contribution < -0.4 is 10.5 Å². The highest BCUT2D eigenvalue weighted by Crippen LogP contribution is 2.19. The lowest BCUT2D eigenvalue weighted by molar-refractivity contribution is 0.414. The van der Waals surface area contributed by atoms with Crippen LogP contribution in [0.15, 0.2) is 30.3 Å². The summed E-state index contributed by atoms with van der Waals surface area (Å²) in [6.45, 7) is 2.78. The highest BCUT2D eigenvalue weighted by molar-refractivity contribution is 5.64. The molecule has 76 valence electrons. The van der Waals surface area contributed by atoms with Crippen LogP contribution in [-0.4, -0.2) is 13.7 Å². The van der Waals surface area contributed by atoms with E-state index in [4.69, 9.17) is 10.5 Å². The quantitative estimate of drug-likeness (QED) is 0.793. The molecule has 0 radical (unpaired) electrons. The Morgan fingerprint density at radius 2 is 2.29 bits per heavy atom. The Balaban J connectivity index is 2.84. The van der Waals surface area contributed by atoms with Gasteiger partial charge in [-0.05, 0) is 43.2 Å². The molecule has 0 aliphatic rings. The average molecular weight is 191 g/mol. The number of rotatable bonds is 4. The lowest BCUT2D eigenvalue weighted by Crippen LogP contribution is -1.96. The Bertz CT molecular complexity index is 318. The molecular formula is C12H17NO. The van der Waals surface area contributed by atoms with Crippen molar-refractivity contribution in [3.05, 3.63) is 35.9 Å². The van der Waals surface area contributed by atoms with Crippen molar-refractivity contribution in [2.45, 2.75) is 13.3 Å². The highest BCUT2D eigenvalue weighted by Gasteiger charge is 1.96. The SMILES string of the molecule is COc1cccc(C(C)=CCCN)c1. The van der Waals surface area contributed by atoms with Gasteiger partial charge < -0.3 is 10.5 Å². The van der Waals surface area contributed by atoms with Crippen molar-refractivity contribution in [3.8, 4) is 5.75 Å². The summed E-state index contributed by atoms with van der Waals surface area (Å²) in [7, 11) is 1.68. The van der Waals surface area contributed by atoms with Crippen molar-refractivity contribution in [2.24, 2.45) is 5.73 Å². The lowest BCUT2D eigenvalue weighted by atomic mass is 10.1.